The summed E-state index contributed by atoms with van der Waals surface area (Å²) in [5.74, 6) is -0.0295. The van der Waals surface area contributed by atoms with Crippen LogP contribution in [0.2, 0.25) is 0 Å². The summed E-state index contributed by atoms with van der Waals surface area (Å²) in [5.41, 5.74) is 1.11. The van der Waals surface area contributed by atoms with Gasteiger partial charge < -0.3 is 10.0 Å². The molecule has 0 aliphatic heterocycles. The van der Waals surface area contributed by atoms with Crippen LogP contribution in [0.3, 0.4) is 0 Å². The average molecular weight is 267 g/mol. The van der Waals surface area contributed by atoms with Gasteiger partial charge in [-0.25, -0.2) is 0 Å². The second-order valence-electron chi connectivity index (χ2n) is 4.53. The van der Waals surface area contributed by atoms with Crippen LogP contribution in [0.25, 0.3) is 0 Å². The topological polar surface area (TPSA) is 40.5 Å². The molecule has 0 saturated heterocycles. The number of carbonyl (C=O) groups excluding carboxylic acids is 1. The molecule has 4 heteroatoms. The third kappa shape index (κ3) is 5.10. The summed E-state index contributed by atoms with van der Waals surface area (Å²) in [4.78, 5) is 14.4. The molecule has 0 radical (unpaired) electrons. The Morgan fingerprint density at radius 3 is 2.44 bits per heavy atom. The number of thioether (sulfide) groups is 1. The predicted octanol–water partition coefficient (Wildman–Crippen LogP) is 2.53. The lowest BCUT2D eigenvalue weighted by Crippen LogP contribution is -2.26. The second-order valence-corrected chi connectivity index (χ2v) is 6.18. The Balaban J connectivity index is 2.55. The largest absolute Gasteiger partial charge is 0.396 e. The number of hydrogen-bond donors (Lipinski definition) is 1. The molecule has 1 rings (SSSR count). The fourth-order valence-electron chi connectivity index (χ4n) is 1.59. The van der Waals surface area contributed by atoms with E-state index in [-0.39, 0.29) is 18.9 Å². The minimum Gasteiger partial charge on any atom is -0.396 e. The highest BCUT2D eigenvalue weighted by Gasteiger charge is 2.08. The first kappa shape index (κ1) is 15.1. The van der Waals surface area contributed by atoms with Gasteiger partial charge in [-0.05, 0) is 17.7 Å². The van der Waals surface area contributed by atoms with Crippen LogP contribution in [0.4, 0.5) is 0 Å². The van der Waals surface area contributed by atoms with Crippen molar-refractivity contribution in [1.82, 2.24) is 4.90 Å². The standard InChI is InChI=1S/C14H21NO2S/c1-11(2)18-13-6-4-12(5-7-13)10-15(3)14(17)8-9-16/h4-7,11,16H,8-10H2,1-3H3. The van der Waals surface area contributed by atoms with Gasteiger partial charge >= 0.3 is 0 Å². The Morgan fingerprint density at radius 1 is 1.33 bits per heavy atom. The predicted molar refractivity (Wildman–Crippen MR) is 75.6 cm³/mol. The highest BCUT2D eigenvalue weighted by Crippen LogP contribution is 2.23. The summed E-state index contributed by atoms with van der Waals surface area (Å²) in [6, 6.07) is 8.27. The first-order valence-electron chi connectivity index (χ1n) is 6.13. The SMILES string of the molecule is CC(C)Sc1ccc(CN(C)C(=O)CCO)cc1. The van der Waals surface area contributed by atoms with Crippen molar-refractivity contribution in [3.8, 4) is 0 Å². The number of nitrogens with zero attached hydrogens (tertiary/aromatic N) is 1. The van der Waals surface area contributed by atoms with Crippen molar-refractivity contribution in [2.75, 3.05) is 13.7 Å². The van der Waals surface area contributed by atoms with Crippen LogP contribution in [-0.4, -0.2) is 34.8 Å². The normalized spacial score (nSPS) is 10.7. The lowest BCUT2D eigenvalue weighted by molar-refractivity contribution is -0.131. The van der Waals surface area contributed by atoms with Gasteiger partial charge in [-0.15, -0.1) is 11.8 Å². The van der Waals surface area contributed by atoms with Gasteiger partial charge in [0.15, 0.2) is 0 Å². The van der Waals surface area contributed by atoms with E-state index in [2.05, 4.69) is 26.0 Å². The Hall–Kier alpha value is -1.00. The van der Waals surface area contributed by atoms with E-state index in [0.29, 0.717) is 11.8 Å². The van der Waals surface area contributed by atoms with Crippen molar-refractivity contribution in [1.29, 1.82) is 0 Å². The summed E-state index contributed by atoms with van der Waals surface area (Å²) in [6.07, 6.45) is 0.192. The Morgan fingerprint density at radius 2 is 1.94 bits per heavy atom. The van der Waals surface area contributed by atoms with E-state index < -0.39 is 0 Å². The summed E-state index contributed by atoms with van der Waals surface area (Å²) in [5, 5.41) is 9.30. The number of rotatable bonds is 6. The van der Waals surface area contributed by atoms with Gasteiger partial charge in [0.1, 0.15) is 0 Å². The van der Waals surface area contributed by atoms with Crippen LogP contribution < -0.4 is 0 Å². The molecule has 1 aromatic carbocycles. The fraction of sp³-hybridized carbons (Fsp3) is 0.500. The number of hydrogen-bond acceptors (Lipinski definition) is 3. The highest BCUT2D eigenvalue weighted by atomic mass is 32.2. The molecule has 0 fully saturated rings. The monoisotopic (exact) mass is 267 g/mol. The van der Waals surface area contributed by atoms with E-state index in [4.69, 9.17) is 5.11 Å². The van der Waals surface area contributed by atoms with Gasteiger partial charge in [0, 0.05) is 30.2 Å². The maximum Gasteiger partial charge on any atom is 0.224 e. The number of aliphatic hydroxyl groups excluding tert-OH is 1. The molecule has 0 saturated carbocycles. The summed E-state index contributed by atoms with van der Waals surface area (Å²) >= 11 is 1.83. The molecule has 0 aliphatic rings. The van der Waals surface area contributed by atoms with E-state index in [9.17, 15) is 4.79 Å². The van der Waals surface area contributed by atoms with Crippen LogP contribution in [-0.2, 0) is 11.3 Å². The second kappa shape index (κ2) is 7.44. The van der Waals surface area contributed by atoms with Crippen LogP contribution in [0.5, 0.6) is 0 Å². The highest BCUT2D eigenvalue weighted by molar-refractivity contribution is 7.99. The maximum absolute atomic E-state index is 11.5. The molecule has 0 spiro atoms. The fourth-order valence-corrected chi connectivity index (χ4v) is 2.43. The zero-order valence-electron chi connectivity index (χ0n) is 11.2. The van der Waals surface area contributed by atoms with Gasteiger partial charge in [0.05, 0.1) is 6.61 Å². The van der Waals surface area contributed by atoms with Crippen molar-refractivity contribution in [2.45, 2.75) is 37.0 Å². The van der Waals surface area contributed by atoms with E-state index >= 15 is 0 Å². The van der Waals surface area contributed by atoms with Crippen molar-refractivity contribution >= 4 is 17.7 Å². The first-order chi connectivity index (χ1) is 8.52. The molecule has 3 nitrogen and oxygen atoms in total. The lowest BCUT2D eigenvalue weighted by atomic mass is 10.2. The molecule has 0 unspecified atom stereocenters. The van der Waals surface area contributed by atoms with E-state index in [0.717, 1.165) is 5.56 Å². The molecule has 18 heavy (non-hydrogen) atoms. The summed E-state index contributed by atoms with van der Waals surface area (Å²) in [6.45, 7) is 4.83. The molecule has 0 atom stereocenters. The number of amides is 1. The summed E-state index contributed by atoms with van der Waals surface area (Å²) < 4.78 is 0. The van der Waals surface area contributed by atoms with Crippen LogP contribution in [0.15, 0.2) is 29.2 Å². The van der Waals surface area contributed by atoms with E-state index in [1.165, 1.54) is 4.90 Å². The number of benzene rings is 1. The van der Waals surface area contributed by atoms with Gasteiger partial charge in [-0.2, -0.15) is 0 Å². The quantitative estimate of drug-likeness (QED) is 0.805. The number of aliphatic hydroxyl groups is 1. The molecule has 1 amide bonds. The lowest BCUT2D eigenvalue weighted by Gasteiger charge is -2.17. The van der Waals surface area contributed by atoms with Crippen molar-refractivity contribution in [3.63, 3.8) is 0 Å². The molecular weight excluding hydrogens is 246 g/mol. The van der Waals surface area contributed by atoms with Crippen LogP contribution in [0.1, 0.15) is 25.8 Å². The van der Waals surface area contributed by atoms with Gasteiger partial charge in [-0.1, -0.05) is 26.0 Å². The van der Waals surface area contributed by atoms with E-state index in [1.54, 1.807) is 11.9 Å². The Kier molecular flexibility index (Phi) is 6.22. The van der Waals surface area contributed by atoms with Crippen molar-refractivity contribution in [3.05, 3.63) is 29.8 Å². The average Bonchev–Trinajstić information content (AvgIpc) is 2.31. The van der Waals surface area contributed by atoms with Crippen molar-refractivity contribution < 1.29 is 9.90 Å². The molecule has 0 heterocycles. The molecule has 1 aromatic rings. The van der Waals surface area contributed by atoms with Crippen molar-refractivity contribution in [2.24, 2.45) is 0 Å². The number of carbonyl (C=O) groups is 1. The van der Waals surface area contributed by atoms with Gasteiger partial charge in [0.2, 0.25) is 5.91 Å². The smallest absolute Gasteiger partial charge is 0.224 e. The Labute approximate surface area is 113 Å². The molecule has 100 valence electrons. The molecular formula is C14H21NO2S. The van der Waals surface area contributed by atoms with Crippen LogP contribution in [0, 0.1) is 0 Å². The zero-order valence-corrected chi connectivity index (χ0v) is 12.0. The van der Waals surface area contributed by atoms with E-state index in [1.807, 2.05) is 23.9 Å². The third-order valence-electron chi connectivity index (χ3n) is 2.47. The zero-order chi connectivity index (χ0) is 13.5. The molecule has 1 N–H and O–H groups in total. The summed E-state index contributed by atoms with van der Waals surface area (Å²) in [7, 11) is 1.76. The maximum atomic E-state index is 11.5. The van der Waals surface area contributed by atoms with Gasteiger partial charge in [-0.3, -0.25) is 4.79 Å². The Bertz CT molecular complexity index is 376. The molecule has 0 aromatic heterocycles. The van der Waals surface area contributed by atoms with Gasteiger partial charge in [0.25, 0.3) is 0 Å². The minimum atomic E-state index is -0.0901. The molecule has 0 aliphatic carbocycles. The first-order valence-corrected chi connectivity index (χ1v) is 7.01. The molecule has 0 bridgehead atoms. The minimum absolute atomic E-state index is 0.0295. The van der Waals surface area contributed by atoms with Crippen LogP contribution >= 0.6 is 11.8 Å². The third-order valence-corrected chi connectivity index (χ3v) is 3.48.